The minimum atomic E-state index is -0.362. The fourth-order valence-electron chi connectivity index (χ4n) is 3.97. The maximum atomic E-state index is 12.4. The lowest BCUT2D eigenvalue weighted by molar-refractivity contribution is 0.1000. The van der Waals surface area contributed by atoms with Crippen LogP contribution in [0.25, 0.3) is 10.4 Å². The molecule has 0 aliphatic carbocycles. The smallest absolute Gasteiger partial charge is 0.251 e. The Hall–Kier alpha value is -2.73. The van der Waals surface area contributed by atoms with Gasteiger partial charge in [-0.15, -0.1) is 11.3 Å². The number of aryl methyl sites for hydroxylation is 1. The number of unbranched alkanes of at least 4 members (excludes halogenated alkanes) is 1. The number of ether oxygens (including phenoxy) is 2. The van der Waals surface area contributed by atoms with Crippen LogP contribution >= 0.6 is 11.3 Å². The van der Waals surface area contributed by atoms with E-state index in [4.69, 9.17) is 15.2 Å². The molecule has 1 amide bonds. The molecule has 0 aliphatic rings. The molecule has 0 saturated heterocycles. The average molecular weight is 427 g/mol. The van der Waals surface area contributed by atoms with E-state index in [9.17, 15) is 4.79 Å². The number of primary amides is 1. The molecule has 30 heavy (non-hydrogen) atoms. The summed E-state index contributed by atoms with van der Waals surface area (Å²) < 4.78 is 13.1. The molecule has 0 aliphatic heterocycles. The summed E-state index contributed by atoms with van der Waals surface area (Å²) in [6.45, 7) is 4.96. The topological polar surface area (TPSA) is 66.5 Å². The molecule has 0 radical (unpaired) electrons. The molecule has 5 nitrogen and oxygen atoms in total. The zero-order valence-corrected chi connectivity index (χ0v) is 19.0. The summed E-state index contributed by atoms with van der Waals surface area (Å²) in [5.41, 5.74) is 10.8. The van der Waals surface area contributed by atoms with Gasteiger partial charge in [-0.1, -0.05) is 25.5 Å². The number of amides is 1. The number of rotatable bonds is 10. The molecule has 0 unspecified atom stereocenters. The zero-order valence-electron chi connectivity index (χ0n) is 18.2. The molecule has 0 spiro atoms. The van der Waals surface area contributed by atoms with Crippen LogP contribution in [0.4, 0.5) is 0 Å². The highest BCUT2D eigenvalue weighted by Crippen LogP contribution is 2.37. The van der Waals surface area contributed by atoms with E-state index >= 15 is 0 Å². The maximum Gasteiger partial charge on any atom is 0.251 e. The van der Waals surface area contributed by atoms with Gasteiger partial charge in [0.15, 0.2) is 11.5 Å². The van der Waals surface area contributed by atoms with Crippen LogP contribution in [0.3, 0.4) is 0 Å². The number of hydrogen-bond acceptors (Lipinski definition) is 4. The lowest BCUT2D eigenvalue weighted by Gasteiger charge is -2.14. The molecule has 0 bridgehead atoms. The Balaban J connectivity index is 2.01. The predicted octanol–water partition coefficient (Wildman–Crippen LogP) is 5.23. The van der Waals surface area contributed by atoms with Crippen molar-refractivity contribution in [2.24, 2.45) is 5.73 Å². The van der Waals surface area contributed by atoms with Crippen molar-refractivity contribution in [3.05, 3.63) is 58.2 Å². The van der Waals surface area contributed by atoms with Gasteiger partial charge in [0.25, 0.3) is 5.91 Å². The molecule has 0 atom stereocenters. The van der Waals surface area contributed by atoms with Crippen LogP contribution in [0.1, 0.15) is 47.1 Å². The normalized spacial score (nSPS) is 10.9. The number of nitrogens with two attached hydrogens (primary N) is 1. The second kappa shape index (κ2) is 9.85. The lowest BCUT2D eigenvalue weighted by Crippen LogP contribution is -2.13. The number of thiophene rings is 1. The largest absolute Gasteiger partial charge is 0.493 e. The highest BCUT2D eigenvalue weighted by atomic mass is 32.1. The first-order valence-corrected chi connectivity index (χ1v) is 11.2. The lowest BCUT2D eigenvalue weighted by atomic mass is 10.0. The van der Waals surface area contributed by atoms with Gasteiger partial charge in [-0.2, -0.15) is 0 Å². The molecule has 2 N–H and O–H groups in total. The quantitative estimate of drug-likeness (QED) is 0.483. The van der Waals surface area contributed by atoms with E-state index in [0.29, 0.717) is 5.56 Å². The van der Waals surface area contributed by atoms with Gasteiger partial charge in [-0.05, 0) is 55.3 Å². The Morgan fingerprint density at radius 1 is 1.13 bits per heavy atom. The Kier molecular flexibility index (Phi) is 7.21. The van der Waals surface area contributed by atoms with Crippen LogP contribution in [0.5, 0.6) is 11.5 Å². The van der Waals surface area contributed by atoms with Gasteiger partial charge in [0.2, 0.25) is 0 Å². The highest BCUT2D eigenvalue weighted by molar-refractivity contribution is 7.13. The molecule has 3 rings (SSSR count). The maximum absolute atomic E-state index is 12.4. The summed E-state index contributed by atoms with van der Waals surface area (Å²) in [5.74, 6) is 1.08. The molecule has 2 aromatic heterocycles. The van der Waals surface area contributed by atoms with Gasteiger partial charge in [0, 0.05) is 28.4 Å². The summed E-state index contributed by atoms with van der Waals surface area (Å²) >= 11 is 1.65. The fraction of sp³-hybridized carbons (Fsp3) is 0.375. The van der Waals surface area contributed by atoms with Crippen LogP contribution in [0, 0.1) is 6.92 Å². The minimum absolute atomic E-state index is 0.362. The monoisotopic (exact) mass is 426 g/mol. The van der Waals surface area contributed by atoms with Crippen LogP contribution in [0.2, 0.25) is 0 Å². The van der Waals surface area contributed by atoms with Crippen molar-refractivity contribution in [2.45, 2.75) is 46.1 Å². The van der Waals surface area contributed by atoms with Gasteiger partial charge in [0.05, 0.1) is 19.8 Å². The van der Waals surface area contributed by atoms with Gasteiger partial charge >= 0.3 is 0 Å². The van der Waals surface area contributed by atoms with Gasteiger partial charge in [-0.3, -0.25) is 4.79 Å². The molecule has 6 heteroatoms. The predicted molar refractivity (Wildman–Crippen MR) is 123 cm³/mol. The fourth-order valence-corrected chi connectivity index (χ4v) is 4.77. The molecule has 1 aromatic carbocycles. The van der Waals surface area contributed by atoms with Crippen LogP contribution in [-0.2, 0) is 19.4 Å². The van der Waals surface area contributed by atoms with E-state index in [2.05, 4.69) is 23.6 Å². The van der Waals surface area contributed by atoms with Crippen molar-refractivity contribution in [1.29, 1.82) is 0 Å². The van der Waals surface area contributed by atoms with E-state index in [0.717, 1.165) is 65.4 Å². The van der Waals surface area contributed by atoms with Crippen molar-refractivity contribution in [3.63, 3.8) is 0 Å². The van der Waals surface area contributed by atoms with Crippen LogP contribution < -0.4 is 15.2 Å². The van der Waals surface area contributed by atoms with Crippen molar-refractivity contribution in [3.8, 4) is 21.9 Å². The molecular formula is C24H30N2O3S. The number of carbonyl (C=O) groups excluding carboxylic acids is 1. The second-order valence-electron chi connectivity index (χ2n) is 7.32. The van der Waals surface area contributed by atoms with E-state index in [1.807, 2.05) is 30.5 Å². The molecule has 2 heterocycles. The molecule has 0 saturated carbocycles. The summed E-state index contributed by atoms with van der Waals surface area (Å²) in [7, 11) is 3.28. The third-order valence-electron chi connectivity index (χ3n) is 5.48. The standard InChI is InChI=1S/C24H30N2O3S/c1-5-6-8-18-23(21-9-7-14-30-21)22(24(25)27)16(2)26(18)13-12-17-10-11-19(28-3)20(15-17)29-4/h7,9-11,14-15H,5-6,8,12-13H2,1-4H3,(H2,25,27). The van der Waals surface area contributed by atoms with Crippen molar-refractivity contribution in [1.82, 2.24) is 4.57 Å². The number of carbonyl (C=O) groups is 1. The Morgan fingerprint density at radius 2 is 1.90 bits per heavy atom. The molecular weight excluding hydrogens is 396 g/mol. The van der Waals surface area contributed by atoms with Crippen LogP contribution in [0.15, 0.2) is 35.7 Å². The average Bonchev–Trinajstić information content (AvgIpc) is 3.36. The Labute approximate surface area is 182 Å². The second-order valence-corrected chi connectivity index (χ2v) is 8.27. The third-order valence-corrected chi connectivity index (χ3v) is 6.37. The summed E-state index contributed by atoms with van der Waals surface area (Å²) in [5, 5.41) is 2.04. The Bertz CT molecular complexity index is 1010. The van der Waals surface area contributed by atoms with Gasteiger partial charge < -0.3 is 19.8 Å². The number of nitrogens with zero attached hydrogens (tertiary/aromatic N) is 1. The highest BCUT2D eigenvalue weighted by Gasteiger charge is 2.25. The van der Waals surface area contributed by atoms with E-state index in [-0.39, 0.29) is 5.91 Å². The van der Waals surface area contributed by atoms with Crippen molar-refractivity contribution in [2.75, 3.05) is 14.2 Å². The number of methoxy groups -OCH3 is 2. The summed E-state index contributed by atoms with van der Waals surface area (Å²) in [6, 6.07) is 10.1. The van der Waals surface area contributed by atoms with E-state index < -0.39 is 0 Å². The number of aromatic nitrogens is 1. The first-order chi connectivity index (χ1) is 14.5. The van der Waals surface area contributed by atoms with E-state index in [1.165, 1.54) is 5.69 Å². The molecule has 3 aromatic rings. The van der Waals surface area contributed by atoms with Crippen LogP contribution in [-0.4, -0.2) is 24.7 Å². The number of benzene rings is 1. The van der Waals surface area contributed by atoms with E-state index in [1.54, 1.807) is 25.6 Å². The molecule has 160 valence electrons. The molecule has 0 fully saturated rings. The zero-order chi connectivity index (χ0) is 21.7. The van der Waals surface area contributed by atoms with Crippen molar-refractivity contribution < 1.29 is 14.3 Å². The number of hydrogen-bond donors (Lipinski definition) is 1. The summed E-state index contributed by atoms with van der Waals surface area (Å²) in [6.07, 6.45) is 3.90. The van der Waals surface area contributed by atoms with Gasteiger partial charge in [-0.25, -0.2) is 0 Å². The minimum Gasteiger partial charge on any atom is -0.493 e. The summed E-state index contributed by atoms with van der Waals surface area (Å²) in [4.78, 5) is 13.5. The third kappa shape index (κ3) is 4.38. The van der Waals surface area contributed by atoms with Crippen molar-refractivity contribution >= 4 is 17.2 Å². The first kappa shape index (κ1) is 22.0. The first-order valence-electron chi connectivity index (χ1n) is 10.3. The van der Waals surface area contributed by atoms with Gasteiger partial charge in [0.1, 0.15) is 0 Å². The SMILES string of the molecule is CCCCc1c(-c2cccs2)c(C(N)=O)c(C)n1CCc1ccc(OC)c(OC)c1. The Morgan fingerprint density at radius 3 is 2.50 bits per heavy atom.